The van der Waals surface area contributed by atoms with E-state index < -0.39 is 0 Å². The van der Waals surface area contributed by atoms with E-state index >= 15 is 0 Å². The topological polar surface area (TPSA) is 9.23 Å². The average Bonchev–Trinajstić information content (AvgIpc) is 2.41. The van der Waals surface area contributed by atoms with E-state index in [4.69, 9.17) is 27.9 Å². The Morgan fingerprint density at radius 3 is 1.68 bits per heavy atom. The van der Waals surface area contributed by atoms with Gasteiger partial charge in [-0.15, -0.1) is 0 Å². The van der Waals surface area contributed by atoms with Crippen LogP contribution in [0.4, 0.5) is 0 Å². The van der Waals surface area contributed by atoms with Gasteiger partial charge in [-0.05, 0) is 88.0 Å². The number of rotatable bonds is 2. The van der Waals surface area contributed by atoms with Gasteiger partial charge in [-0.1, -0.05) is 23.2 Å². The molecule has 1 nitrogen and oxygen atoms in total. The summed E-state index contributed by atoms with van der Waals surface area (Å²) < 4.78 is 8.72. The molecule has 0 spiro atoms. The zero-order valence-corrected chi connectivity index (χ0v) is 16.8. The van der Waals surface area contributed by atoms with Gasteiger partial charge < -0.3 is 4.74 Å². The van der Waals surface area contributed by atoms with Crippen molar-refractivity contribution in [2.45, 2.75) is 0 Å². The van der Waals surface area contributed by atoms with Crippen LogP contribution in [0.2, 0.25) is 10.0 Å². The quantitative estimate of drug-likeness (QED) is 0.272. The smallest absolute Gasteiger partial charge is 0.158 e. The molecule has 2 aromatic carbocycles. The first-order chi connectivity index (χ1) is 8.91. The standard InChI is InChI=1S/C12H4Br4Cl2O/c13-7-9(15)12(10(16)8(14)11(7)18)19-6-3-1-5(17)2-4-6/h1-4H. The second-order valence-corrected chi connectivity index (χ2v) is 7.44. The molecule has 0 amide bonds. The lowest BCUT2D eigenvalue weighted by molar-refractivity contribution is 0.475. The van der Waals surface area contributed by atoms with Crippen molar-refractivity contribution in [3.05, 3.63) is 52.2 Å². The van der Waals surface area contributed by atoms with Crippen molar-refractivity contribution in [2.24, 2.45) is 0 Å². The Morgan fingerprint density at radius 2 is 1.21 bits per heavy atom. The molecule has 2 aromatic rings. The van der Waals surface area contributed by atoms with Crippen LogP contribution in [0.3, 0.4) is 0 Å². The lowest BCUT2D eigenvalue weighted by Crippen LogP contribution is -1.90. The van der Waals surface area contributed by atoms with Gasteiger partial charge in [0.15, 0.2) is 5.75 Å². The molecule has 0 aliphatic heterocycles. The molecule has 0 aromatic heterocycles. The minimum absolute atomic E-state index is 0.558. The maximum absolute atomic E-state index is 6.16. The van der Waals surface area contributed by atoms with Crippen molar-refractivity contribution in [3.8, 4) is 11.5 Å². The van der Waals surface area contributed by atoms with Crippen LogP contribution in [0.15, 0.2) is 42.2 Å². The maximum Gasteiger partial charge on any atom is 0.158 e. The van der Waals surface area contributed by atoms with Gasteiger partial charge in [-0.3, -0.25) is 0 Å². The minimum Gasteiger partial charge on any atom is -0.455 e. The maximum atomic E-state index is 6.16. The summed E-state index contributed by atoms with van der Waals surface area (Å²) in [5.41, 5.74) is 0. The summed E-state index contributed by atoms with van der Waals surface area (Å²) in [6.45, 7) is 0. The van der Waals surface area contributed by atoms with Crippen LogP contribution in [0, 0.1) is 0 Å². The Labute approximate surface area is 154 Å². The highest BCUT2D eigenvalue weighted by Crippen LogP contribution is 2.49. The van der Waals surface area contributed by atoms with Crippen molar-refractivity contribution in [1.82, 2.24) is 0 Å². The van der Waals surface area contributed by atoms with Crippen molar-refractivity contribution in [1.29, 1.82) is 0 Å². The predicted octanol–water partition coefficient (Wildman–Crippen LogP) is 7.84. The second-order valence-electron chi connectivity index (χ2n) is 3.46. The number of halogens is 6. The minimum atomic E-state index is 0.558. The van der Waals surface area contributed by atoms with E-state index in [0.29, 0.717) is 30.5 Å². The molecule has 0 atom stereocenters. The third-order valence-corrected chi connectivity index (χ3v) is 7.45. The van der Waals surface area contributed by atoms with Crippen LogP contribution >= 0.6 is 86.9 Å². The molecular weight excluding hydrogens is 551 g/mol. The summed E-state index contributed by atoms with van der Waals surface area (Å²) in [5, 5.41) is 1.21. The molecule has 0 N–H and O–H groups in total. The first-order valence-corrected chi connectivity index (χ1v) is 8.79. The molecule has 0 bridgehead atoms. The van der Waals surface area contributed by atoms with E-state index in [0.717, 1.165) is 8.95 Å². The van der Waals surface area contributed by atoms with Gasteiger partial charge in [-0.25, -0.2) is 0 Å². The zero-order chi connectivity index (χ0) is 14.2. The number of hydrogen-bond acceptors (Lipinski definition) is 1. The Morgan fingerprint density at radius 1 is 0.737 bits per heavy atom. The molecule has 0 fully saturated rings. The van der Waals surface area contributed by atoms with E-state index in [1.165, 1.54) is 0 Å². The van der Waals surface area contributed by atoms with Gasteiger partial charge in [0, 0.05) is 5.02 Å². The van der Waals surface area contributed by atoms with Gasteiger partial charge >= 0.3 is 0 Å². The summed E-state index contributed by atoms with van der Waals surface area (Å²) in [5.74, 6) is 1.29. The Bertz CT molecular complexity index is 600. The fraction of sp³-hybridized carbons (Fsp3) is 0. The van der Waals surface area contributed by atoms with Crippen LogP contribution in [0.5, 0.6) is 11.5 Å². The Hall–Kier alpha value is 0.740. The third-order valence-electron chi connectivity index (χ3n) is 2.20. The van der Waals surface area contributed by atoms with Crippen LogP contribution < -0.4 is 4.74 Å². The third kappa shape index (κ3) is 3.50. The van der Waals surface area contributed by atoms with Crippen LogP contribution in [-0.2, 0) is 0 Å². The lowest BCUT2D eigenvalue weighted by atomic mass is 10.3. The fourth-order valence-corrected chi connectivity index (χ4v) is 4.08. The van der Waals surface area contributed by atoms with Crippen LogP contribution in [0.25, 0.3) is 0 Å². The van der Waals surface area contributed by atoms with Crippen LogP contribution in [0.1, 0.15) is 0 Å². The molecule has 0 radical (unpaired) electrons. The molecule has 100 valence electrons. The van der Waals surface area contributed by atoms with Gasteiger partial charge in [0.05, 0.1) is 22.9 Å². The first-order valence-electron chi connectivity index (χ1n) is 4.86. The normalized spacial score (nSPS) is 10.6. The monoisotopic (exact) mass is 550 g/mol. The van der Waals surface area contributed by atoms with Crippen molar-refractivity contribution in [3.63, 3.8) is 0 Å². The molecule has 0 aliphatic carbocycles. The molecule has 2 rings (SSSR count). The summed E-state index contributed by atoms with van der Waals surface area (Å²) in [4.78, 5) is 0. The first kappa shape index (κ1) is 16.1. The van der Waals surface area contributed by atoms with Crippen molar-refractivity contribution in [2.75, 3.05) is 0 Å². The van der Waals surface area contributed by atoms with E-state index in [1.54, 1.807) is 24.3 Å². The highest BCUT2D eigenvalue weighted by atomic mass is 79.9. The second kappa shape index (κ2) is 6.67. The van der Waals surface area contributed by atoms with Crippen LogP contribution in [-0.4, -0.2) is 0 Å². The van der Waals surface area contributed by atoms with Gasteiger partial charge in [0.2, 0.25) is 0 Å². The van der Waals surface area contributed by atoms with Crippen molar-refractivity contribution < 1.29 is 4.74 Å². The van der Waals surface area contributed by atoms with Gasteiger partial charge in [-0.2, -0.15) is 0 Å². The molecule has 0 unspecified atom stereocenters. The molecule has 0 aliphatic rings. The molecule has 0 heterocycles. The Kier molecular flexibility index (Phi) is 5.66. The molecule has 0 saturated carbocycles. The number of benzene rings is 2. The van der Waals surface area contributed by atoms with Gasteiger partial charge in [0.25, 0.3) is 0 Å². The largest absolute Gasteiger partial charge is 0.455 e. The molecular formula is C12H4Br4Cl2O. The van der Waals surface area contributed by atoms with E-state index in [1.807, 2.05) is 0 Å². The highest BCUT2D eigenvalue weighted by Gasteiger charge is 2.19. The SMILES string of the molecule is Clc1ccc(Oc2c(Br)c(Br)c(Cl)c(Br)c2Br)cc1. The lowest BCUT2D eigenvalue weighted by Gasteiger charge is -2.14. The summed E-state index contributed by atoms with van der Waals surface area (Å²) >= 11 is 25.7. The number of hydrogen-bond donors (Lipinski definition) is 0. The summed E-state index contributed by atoms with van der Waals surface area (Å²) in [6, 6.07) is 7.10. The zero-order valence-electron chi connectivity index (χ0n) is 8.99. The molecule has 7 heteroatoms. The van der Waals surface area contributed by atoms with Gasteiger partial charge in [0.1, 0.15) is 5.75 Å². The molecule has 19 heavy (non-hydrogen) atoms. The number of ether oxygens (including phenoxy) is 1. The predicted molar refractivity (Wildman–Crippen MR) is 93.8 cm³/mol. The van der Waals surface area contributed by atoms with E-state index in [2.05, 4.69) is 63.7 Å². The van der Waals surface area contributed by atoms with E-state index in [9.17, 15) is 0 Å². The summed E-state index contributed by atoms with van der Waals surface area (Å²) in [7, 11) is 0. The summed E-state index contributed by atoms with van der Waals surface area (Å²) in [6.07, 6.45) is 0. The average molecular weight is 555 g/mol. The van der Waals surface area contributed by atoms with Crippen molar-refractivity contribution >= 4 is 86.9 Å². The molecule has 0 saturated heterocycles. The Balaban J connectivity index is 2.48. The van der Waals surface area contributed by atoms with E-state index in [-0.39, 0.29) is 0 Å². The highest BCUT2D eigenvalue weighted by molar-refractivity contribution is 9.14. The fourth-order valence-electron chi connectivity index (χ4n) is 1.29.